The number of nitrogens with one attached hydrogen (secondary N) is 3. The Morgan fingerprint density at radius 1 is 1.62 bits per heavy atom. The fourth-order valence-electron chi connectivity index (χ4n) is 1.46. The average molecular weight is 239 g/mol. The Hall–Kier alpha value is -1.40. The first-order valence-corrected chi connectivity index (χ1v) is 5.99. The predicted octanol–water partition coefficient (Wildman–Crippen LogP) is -0.548. The van der Waals surface area contributed by atoms with Gasteiger partial charge in [0.25, 0.3) is 0 Å². The van der Waals surface area contributed by atoms with Crippen molar-refractivity contribution in [1.29, 1.82) is 0 Å². The second-order valence-corrected chi connectivity index (χ2v) is 4.37. The third-order valence-electron chi connectivity index (χ3n) is 2.38. The molecule has 0 radical (unpaired) electrons. The summed E-state index contributed by atoms with van der Waals surface area (Å²) < 4.78 is 0. The van der Waals surface area contributed by atoms with Crippen molar-refractivity contribution in [2.24, 2.45) is 0 Å². The maximum atomic E-state index is 11.7. The molecule has 3 N–H and O–H groups in total. The van der Waals surface area contributed by atoms with Gasteiger partial charge >= 0.3 is 0 Å². The number of thiophene rings is 1. The molecule has 1 unspecified atom stereocenters. The van der Waals surface area contributed by atoms with Gasteiger partial charge in [-0.15, -0.1) is 0 Å². The highest BCUT2D eigenvalue weighted by Gasteiger charge is 2.23. The van der Waals surface area contributed by atoms with Crippen LogP contribution in [0.2, 0.25) is 0 Å². The quantitative estimate of drug-likeness (QED) is 0.663. The minimum absolute atomic E-state index is 0.0677. The van der Waals surface area contributed by atoms with Gasteiger partial charge in [0, 0.05) is 13.1 Å². The molecule has 1 fully saturated rings. The van der Waals surface area contributed by atoms with E-state index in [9.17, 15) is 9.59 Å². The normalized spacial score (nSPS) is 20.2. The van der Waals surface area contributed by atoms with Gasteiger partial charge in [-0.25, -0.2) is 0 Å². The lowest BCUT2D eigenvalue weighted by Gasteiger charge is -2.23. The van der Waals surface area contributed by atoms with E-state index in [0.717, 1.165) is 5.56 Å². The van der Waals surface area contributed by atoms with Crippen LogP contribution in [0.25, 0.3) is 0 Å². The van der Waals surface area contributed by atoms with Gasteiger partial charge in [-0.3, -0.25) is 14.9 Å². The minimum Gasteiger partial charge on any atom is -0.353 e. The molecule has 1 atom stereocenters. The first kappa shape index (κ1) is 11.1. The monoisotopic (exact) mass is 239 g/mol. The summed E-state index contributed by atoms with van der Waals surface area (Å²) in [6.07, 6.45) is 0. The third kappa shape index (κ3) is 2.80. The molecule has 2 heterocycles. The van der Waals surface area contributed by atoms with Crippen LogP contribution in [0.4, 0.5) is 0 Å². The lowest BCUT2D eigenvalue weighted by Crippen LogP contribution is -2.57. The van der Waals surface area contributed by atoms with Crippen molar-refractivity contribution in [1.82, 2.24) is 16.0 Å². The maximum absolute atomic E-state index is 11.7. The van der Waals surface area contributed by atoms with Crippen molar-refractivity contribution in [3.63, 3.8) is 0 Å². The Balaban J connectivity index is 1.77. The Morgan fingerprint density at radius 3 is 3.12 bits per heavy atom. The van der Waals surface area contributed by atoms with Crippen LogP contribution < -0.4 is 16.0 Å². The molecule has 0 aromatic carbocycles. The lowest BCUT2D eigenvalue weighted by atomic mass is 10.2. The summed E-state index contributed by atoms with van der Waals surface area (Å²) in [6.45, 7) is 1.10. The van der Waals surface area contributed by atoms with Crippen LogP contribution in [0.1, 0.15) is 5.56 Å². The van der Waals surface area contributed by atoms with E-state index in [1.165, 1.54) is 0 Å². The van der Waals surface area contributed by atoms with E-state index >= 15 is 0 Å². The Bertz CT molecular complexity index is 367. The lowest BCUT2D eigenvalue weighted by molar-refractivity contribution is -0.126. The van der Waals surface area contributed by atoms with E-state index < -0.39 is 0 Å². The van der Waals surface area contributed by atoms with Crippen LogP contribution in [0.15, 0.2) is 16.8 Å². The number of carbonyl (C=O) groups excluding carboxylic acids is 2. The van der Waals surface area contributed by atoms with E-state index in [0.29, 0.717) is 13.1 Å². The molecule has 0 saturated carbocycles. The second-order valence-electron chi connectivity index (χ2n) is 3.59. The summed E-state index contributed by atoms with van der Waals surface area (Å²) >= 11 is 1.60. The van der Waals surface area contributed by atoms with E-state index in [4.69, 9.17) is 0 Å². The van der Waals surface area contributed by atoms with E-state index in [2.05, 4.69) is 16.0 Å². The highest BCUT2D eigenvalue weighted by Crippen LogP contribution is 2.05. The summed E-state index contributed by atoms with van der Waals surface area (Å²) in [6, 6.07) is 1.65. The maximum Gasteiger partial charge on any atom is 0.239 e. The Kier molecular flexibility index (Phi) is 3.53. The molecule has 86 valence electrons. The SMILES string of the molecule is O=C1CNC(C(=O)NCc2ccsc2)CN1. The van der Waals surface area contributed by atoms with Gasteiger partial charge in [-0.2, -0.15) is 11.3 Å². The molecule has 0 bridgehead atoms. The Morgan fingerprint density at radius 2 is 2.50 bits per heavy atom. The zero-order valence-electron chi connectivity index (χ0n) is 8.66. The Labute approximate surface area is 97.2 Å². The van der Waals surface area contributed by atoms with Crippen LogP contribution >= 0.6 is 11.3 Å². The molecule has 1 saturated heterocycles. The standard InChI is InChI=1S/C10H13N3O2S/c14-9-5-11-8(4-12-9)10(15)13-3-7-1-2-16-6-7/h1-2,6,8,11H,3-5H2,(H,12,14)(H,13,15). The van der Waals surface area contributed by atoms with Gasteiger partial charge in [0.05, 0.1) is 6.54 Å². The van der Waals surface area contributed by atoms with Crippen molar-refractivity contribution in [3.8, 4) is 0 Å². The van der Waals surface area contributed by atoms with Crippen molar-refractivity contribution < 1.29 is 9.59 Å². The number of hydrogen-bond donors (Lipinski definition) is 3. The molecule has 2 amide bonds. The zero-order chi connectivity index (χ0) is 11.4. The van der Waals surface area contributed by atoms with Gasteiger partial charge in [-0.1, -0.05) is 0 Å². The van der Waals surface area contributed by atoms with E-state index in [1.807, 2.05) is 16.8 Å². The molecular formula is C10H13N3O2S. The molecule has 6 heteroatoms. The van der Waals surface area contributed by atoms with Crippen molar-refractivity contribution in [2.75, 3.05) is 13.1 Å². The highest BCUT2D eigenvalue weighted by molar-refractivity contribution is 7.07. The summed E-state index contributed by atoms with van der Waals surface area (Å²) in [5, 5.41) is 12.3. The first-order chi connectivity index (χ1) is 7.75. The van der Waals surface area contributed by atoms with Gasteiger partial charge in [-0.05, 0) is 22.4 Å². The fraction of sp³-hybridized carbons (Fsp3) is 0.400. The summed E-state index contributed by atoms with van der Waals surface area (Å²) in [5.41, 5.74) is 1.10. The van der Waals surface area contributed by atoms with Gasteiger partial charge in [0.2, 0.25) is 11.8 Å². The molecule has 1 aromatic rings. The molecule has 5 nitrogen and oxygen atoms in total. The molecule has 1 aliphatic rings. The van der Waals surface area contributed by atoms with Crippen molar-refractivity contribution in [2.45, 2.75) is 12.6 Å². The highest BCUT2D eigenvalue weighted by atomic mass is 32.1. The summed E-state index contributed by atoms with van der Waals surface area (Å²) in [4.78, 5) is 22.6. The fourth-order valence-corrected chi connectivity index (χ4v) is 2.13. The van der Waals surface area contributed by atoms with E-state index in [-0.39, 0.29) is 24.4 Å². The topological polar surface area (TPSA) is 70.2 Å². The number of rotatable bonds is 3. The van der Waals surface area contributed by atoms with Crippen molar-refractivity contribution in [3.05, 3.63) is 22.4 Å². The predicted molar refractivity (Wildman–Crippen MR) is 61.0 cm³/mol. The molecule has 0 aliphatic carbocycles. The first-order valence-electron chi connectivity index (χ1n) is 5.04. The van der Waals surface area contributed by atoms with Crippen LogP contribution in [0.3, 0.4) is 0 Å². The third-order valence-corrected chi connectivity index (χ3v) is 3.11. The molecular weight excluding hydrogens is 226 g/mol. The second kappa shape index (κ2) is 5.09. The molecule has 0 spiro atoms. The van der Waals surface area contributed by atoms with Crippen LogP contribution in [0.5, 0.6) is 0 Å². The zero-order valence-corrected chi connectivity index (χ0v) is 9.47. The van der Waals surface area contributed by atoms with Crippen molar-refractivity contribution >= 4 is 23.2 Å². The summed E-state index contributed by atoms with van der Waals surface area (Å²) in [7, 11) is 0. The van der Waals surface area contributed by atoms with Crippen LogP contribution in [0, 0.1) is 0 Å². The van der Waals surface area contributed by atoms with Gasteiger partial charge < -0.3 is 10.6 Å². The van der Waals surface area contributed by atoms with Gasteiger partial charge in [0.15, 0.2) is 0 Å². The van der Waals surface area contributed by atoms with Gasteiger partial charge in [0.1, 0.15) is 6.04 Å². The average Bonchev–Trinajstić information content (AvgIpc) is 2.80. The number of carbonyl (C=O) groups is 2. The van der Waals surface area contributed by atoms with Crippen LogP contribution in [-0.4, -0.2) is 30.9 Å². The van der Waals surface area contributed by atoms with Crippen LogP contribution in [-0.2, 0) is 16.1 Å². The smallest absolute Gasteiger partial charge is 0.239 e. The number of amides is 2. The molecule has 16 heavy (non-hydrogen) atoms. The molecule has 2 rings (SSSR count). The largest absolute Gasteiger partial charge is 0.353 e. The number of piperazine rings is 1. The number of hydrogen-bond acceptors (Lipinski definition) is 4. The minimum atomic E-state index is -0.323. The van der Waals surface area contributed by atoms with E-state index in [1.54, 1.807) is 11.3 Å². The molecule has 1 aromatic heterocycles. The summed E-state index contributed by atoms with van der Waals surface area (Å²) in [5.74, 6) is -0.145. The molecule has 1 aliphatic heterocycles.